The number of aromatic amines is 2. The number of fused-ring (bicyclic) bond motifs is 1. The molecule has 1 saturated heterocycles. The molecule has 2 aromatic heterocycles. The minimum Gasteiger partial charge on any atom is -0.508 e. The van der Waals surface area contributed by atoms with Crippen LogP contribution in [0.4, 0.5) is 0 Å². The molecule has 0 radical (unpaired) electrons. The molecule has 0 spiro atoms. The van der Waals surface area contributed by atoms with Crippen molar-refractivity contribution in [1.29, 1.82) is 0 Å². The highest BCUT2D eigenvalue weighted by molar-refractivity contribution is 8.76. The van der Waals surface area contributed by atoms with Gasteiger partial charge in [-0.2, -0.15) is 0 Å². The number of aliphatic carboxylic acids is 2. The summed E-state index contributed by atoms with van der Waals surface area (Å²) in [5.74, 6) is -16.5. The van der Waals surface area contributed by atoms with E-state index in [1.807, 2.05) is 6.07 Å². The van der Waals surface area contributed by atoms with Gasteiger partial charge in [0.1, 0.15) is 72.2 Å². The summed E-state index contributed by atoms with van der Waals surface area (Å²) in [5.41, 5.74) is 8.92. The number of carboxylic acid groups (broad SMARTS) is 2. The van der Waals surface area contributed by atoms with Crippen LogP contribution in [-0.4, -0.2) is 215 Å². The average molecular weight is 1600 g/mol. The first kappa shape index (κ1) is 90.3. The van der Waals surface area contributed by atoms with Crippen LogP contribution in [0, 0.1) is 23.7 Å². The number of benzene rings is 3. The van der Waals surface area contributed by atoms with Crippen LogP contribution in [0.2, 0.25) is 0 Å². The number of carbonyl (C=O) groups is 14. The number of rotatable bonds is 31. The van der Waals surface area contributed by atoms with Crippen molar-refractivity contribution in [3.63, 3.8) is 0 Å². The first-order chi connectivity index (χ1) is 53.3. The zero-order chi connectivity index (χ0) is 82.3. The number of aliphatic hydroxyl groups is 1. The summed E-state index contributed by atoms with van der Waals surface area (Å²) in [6.45, 7) is 12.7. The Balaban J connectivity index is 1.30. The maximum atomic E-state index is 15.2. The van der Waals surface area contributed by atoms with Gasteiger partial charge in [0.15, 0.2) is 0 Å². The summed E-state index contributed by atoms with van der Waals surface area (Å²) in [5, 5.41) is 73.1. The number of H-pyrrole nitrogens is 2. The monoisotopic (exact) mass is 1590 g/mol. The van der Waals surface area contributed by atoms with E-state index in [4.69, 9.17) is 5.73 Å². The third-order valence-electron chi connectivity index (χ3n) is 18.9. The molecule has 6 rings (SSSR count). The standard InChI is InChI=1S/C76H106N16O18S2/c1-9-42(7)63(74(107)87-57(76(109)110)31-46-34-80-51-21-15-14-20-49(46)51)92-75(108)64(43(8)10-2)91-71(104)56(33-61(96)97)85-67(100)52(28-40(3)4)82-70(103)55(32-47-35-78-39-81-47)84-72(105)59-38-112-111-37-50(77)65(98)88-58(36-93)66(99)79-27-17-16-22-60(95)90-62(41(5)6)73(106)86-54(30-45-23-25-48(94)26-24-45)68(101)83-53(69(102)89-59)29-44-18-12-11-13-19-44/h11-15,18-21,23-26,34-35,39-43,50,52-59,62-64,80,93-94H,9-10,16-17,22,27-33,36-38,77H2,1-8H3,(H,78,81)(H,79,99)(H,82,103)(H,83,101)(H,84,105)(H,85,100)(H,86,106)(H,87,107)(H,88,98)(H,89,102)(H,90,95)(H,91,104)(H,92,108)(H,96,97)(H,109,110). The highest BCUT2D eigenvalue weighted by Crippen LogP contribution is 2.25. The molecule has 0 bridgehead atoms. The molecule has 12 amide bonds. The molecule has 610 valence electrons. The Labute approximate surface area is 656 Å². The zero-order valence-electron chi connectivity index (χ0n) is 63.9. The molecule has 34 nitrogen and oxygen atoms in total. The first-order valence-electron chi connectivity index (χ1n) is 37.3. The topological polar surface area (TPSA) is 535 Å². The fourth-order valence-corrected chi connectivity index (χ4v) is 14.3. The second-order valence-electron chi connectivity index (χ2n) is 28.6. The van der Waals surface area contributed by atoms with Crippen molar-refractivity contribution in [2.75, 3.05) is 24.7 Å². The Morgan fingerprint density at radius 2 is 1.14 bits per heavy atom. The number of carboxylic acids is 2. The van der Waals surface area contributed by atoms with Crippen molar-refractivity contribution in [1.82, 2.24) is 78.8 Å². The maximum Gasteiger partial charge on any atom is 0.326 e. The number of aromatic hydroxyl groups is 1. The van der Waals surface area contributed by atoms with Gasteiger partial charge >= 0.3 is 11.9 Å². The minimum absolute atomic E-state index is 0.0348. The SMILES string of the molecule is CCC(C)C(NC(=O)C(CC(=O)O)NC(=O)C(CC(C)C)NC(=O)C(Cc1cnc[nH]1)NC(=O)C1CSSCC(N)C(=O)NC(CO)C(=O)NCCCCC(=O)NC(C(C)C)C(=O)NC(Cc2ccc(O)cc2)C(=O)NC(Cc2ccccc2)C(=O)N1)C(=O)NC(C(=O)NC(Cc1c[nH]c2ccccc12)C(=O)O)C(C)CC. The fourth-order valence-electron chi connectivity index (χ4n) is 12.0. The number of phenolic OH excluding ortho intramolecular Hbond substituents is 1. The molecular formula is C76H106N16O18S2. The summed E-state index contributed by atoms with van der Waals surface area (Å²) < 4.78 is 0. The molecule has 14 unspecified atom stereocenters. The van der Waals surface area contributed by atoms with Crippen LogP contribution in [0.3, 0.4) is 0 Å². The van der Waals surface area contributed by atoms with Crippen LogP contribution in [0.15, 0.2) is 97.6 Å². The number of aliphatic hydroxyl groups excluding tert-OH is 1. The maximum absolute atomic E-state index is 15.2. The van der Waals surface area contributed by atoms with Crippen molar-refractivity contribution in [2.24, 2.45) is 29.4 Å². The van der Waals surface area contributed by atoms with Gasteiger partial charge in [-0.3, -0.25) is 62.3 Å². The molecule has 36 heteroatoms. The van der Waals surface area contributed by atoms with Crippen LogP contribution >= 0.6 is 21.6 Å². The van der Waals surface area contributed by atoms with Crippen LogP contribution < -0.4 is 69.5 Å². The third-order valence-corrected chi connectivity index (χ3v) is 21.4. The summed E-state index contributed by atoms with van der Waals surface area (Å²) in [4.78, 5) is 208. The van der Waals surface area contributed by atoms with E-state index in [0.717, 1.165) is 32.5 Å². The number of nitrogens with zero attached hydrogens (tertiary/aromatic N) is 1. The molecule has 5 aromatic rings. The number of hydrogen-bond donors (Lipinski definition) is 19. The molecule has 3 heterocycles. The van der Waals surface area contributed by atoms with E-state index >= 15 is 14.4 Å². The van der Waals surface area contributed by atoms with Crippen molar-refractivity contribution >= 4 is 115 Å². The van der Waals surface area contributed by atoms with Gasteiger partial charge in [-0.1, -0.05) is 150 Å². The molecule has 14 atom stereocenters. The lowest BCUT2D eigenvalue weighted by molar-refractivity contribution is -0.142. The van der Waals surface area contributed by atoms with E-state index in [1.165, 1.54) is 36.8 Å². The van der Waals surface area contributed by atoms with Gasteiger partial charge in [0.25, 0.3) is 0 Å². The van der Waals surface area contributed by atoms with E-state index in [2.05, 4.69) is 78.8 Å². The van der Waals surface area contributed by atoms with E-state index < -0.39 is 192 Å². The smallest absolute Gasteiger partial charge is 0.326 e. The van der Waals surface area contributed by atoms with E-state index in [-0.39, 0.29) is 87.3 Å². The van der Waals surface area contributed by atoms with Gasteiger partial charge < -0.3 is 99.9 Å². The summed E-state index contributed by atoms with van der Waals surface area (Å²) in [6.07, 6.45) is 3.19. The lowest BCUT2D eigenvalue weighted by Gasteiger charge is -2.31. The van der Waals surface area contributed by atoms with Gasteiger partial charge in [0.2, 0.25) is 70.9 Å². The van der Waals surface area contributed by atoms with Gasteiger partial charge in [-0.15, -0.1) is 0 Å². The number of phenols is 1. The Kier molecular flexibility index (Phi) is 36.3. The number of nitrogens with one attached hydrogen (secondary N) is 14. The third kappa shape index (κ3) is 28.6. The fraction of sp³-hybridized carbons (Fsp3) is 0.513. The van der Waals surface area contributed by atoms with Crippen LogP contribution in [0.1, 0.15) is 123 Å². The van der Waals surface area contributed by atoms with Gasteiger partial charge in [-0.05, 0) is 77.8 Å². The molecule has 0 saturated carbocycles. The van der Waals surface area contributed by atoms with Gasteiger partial charge in [0.05, 0.1) is 25.4 Å². The van der Waals surface area contributed by atoms with Crippen LogP contribution in [-0.2, 0) is 92.8 Å². The summed E-state index contributed by atoms with van der Waals surface area (Å²) in [7, 11) is 1.90. The molecule has 20 N–H and O–H groups in total. The number of hydrogen-bond acceptors (Lipinski definition) is 20. The predicted octanol–water partition coefficient (Wildman–Crippen LogP) is 0.555. The van der Waals surface area contributed by atoms with Gasteiger partial charge in [-0.25, -0.2) is 9.78 Å². The molecule has 1 fully saturated rings. The van der Waals surface area contributed by atoms with E-state index in [9.17, 15) is 73.2 Å². The Hall–Kier alpha value is -10.6. The highest BCUT2D eigenvalue weighted by Gasteiger charge is 2.40. The molecular weight excluding hydrogens is 1490 g/mol. The van der Waals surface area contributed by atoms with Crippen molar-refractivity contribution in [3.05, 3.63) is 120 Å². The second-order valence-corrected chi connectivity index (χ2v) is 31.2. The number of carbonyl (C=O) groups excluding carboxylic acids is 12. The number of para-hydroxylation sites is 1. The Bertz CT molecular complexity index is 4020. The summed E-state index contributed by atoms with van der Waals surface area (Å²) in [6, 6.07) is 3.43. The van der Waals surface area contributed by atoms with E-state index in [0.29, 0.717) is 23.1 Å². The Morgan fingerprint density at radius 3 is 1.75 bits per heavy atom. The largest absolute Gasteiger partial charge is 0.508 e. The van der Waals surface area contributed by atoms with Crippen LogP contribution in [0.5, 0.6) is 5.75 Å². The number of aromatic nitrogens is 3. The van der Waals surface area contributed by atoms with Crippen molar-refractivity contribution in [3.8, 4) is 5.75 Å². The molecule has 0 aliphatic carbocycles. The molecule has 1 aliphatic heterocycles. The zero-order valence-corrected chi connectivity index (χ0v) is 65.6. The lowest BCUT2D eigenvalue weighted by Crippen LogP contribution is -2.62. The van der Waals surface area contributed by atoms with E-state index in [1.54, 1.807) is 110 Å². The molecule has 3 aromatic carbocycles. The number of amides is 12. The first-order valence-corrected chi connectivity index (χ1v) is 39.8. The normalized spacial score (nSPS) is 20.4. The number of nitrogens with two attached hydrogens (primary N) is 1. The van der Waals surface area contributed by atoms with Crippen LogP contribution in [0.25, 0.3) is 10.9 Å². The number of imidazole rings is 1. The average Bonchev–Trinajstić information content (AvgIpc) is 1.74. The predicted molar refractivity (Wildman–Crippen MR) is 417 cm³/mol. The highest BCUT2D eigenvalue weighted by atomic mass is 33.1. The second kappa shape index (κ2) is 45.1. The van der Waals surface area contributed by atoms with Crippen molar-refractivity contribution < 1.29 is 87.5 Å². The molecule has 1 aliphatic rings. The quantitative estimate of drug-likeness (QED) is 0.0269. The van der Waals surface area contributed by atoms with Gasteiger partial charge in [0, 0.05) is 79.1 Å². The lowest BCUT2D eigenvalue weighted by atomic mass is 9.94. The van der Waals surface area contributed by atoms with Crippen molar-refractivity contribution in [2.45, 2.75) is 199 Å². The Morgan fingerprint density at radius 1 is 0.580 bits per heavy atom. The minimum atomic E-state index is -1.92. The summed E-state index contributed by atoms with van der Waals surface area (Å²) >= 11 is 0. The molecule has 112 heavy (non-hydrogen) atoms.